The largest absolute Gasteiger partial charge is 0.486 e. The van der Waals surface area contributed by atoms with Crippen molar-refractivity contribution in [3.8, 4) is 5.75 Å². The molecule has 106 valence electrons. The molecule has 0 atom stereocenters. The van der Waals surface area contributed by atoms with Gasteiger partial charge in [-0.15, -0.1) is 0 Å². The lowest BCUT2D eigenvalue weighted by Gasteiger charge is -2.10. The summed E-state index contributed by atoms with van der Waals surface area (Å²) >= 11 is 0. The van der Waals surface area contributed by atoms with Crippen LogP contribution in [0.1, 0.15) is 28.7 Å². The monoisotopic (exact) mass is 275 g/mol. The highest BCUT2D eigenvalue weighted by atomic mass is 16.5. The smallest absolute Gasteiger partial charge is 0.341 e. The van der Waals surface area contributed by atoms with Crippen molar-refractivity contribution in [1.82, 2.24) is 9.78 Å². The summed E-state index contributed by atoms with van der Waals surface area (Å²) in [5, 5.41) is 13.5. The molecule has 0 unspecified atom stereocenters. The molecule has 0 amide bonds. The SMILES string of the molecule is CCc1cc(COc2cccc(N)c2C(=O)O)n(C)n1. The van der Waals surface area contributed by atoms with Crippen LogP contribution in [0.4, 0.5) is 5.69 Å². The zero-order chi connectivity index (χ0) is 14.7. The molecule has 0 aliphatic rings. The topological polar surface area (TPSA) is 90.4 Å². The van der Waals surface area contributed by atoms with Crippen LogP contribution in [-0.2, 0) is 20.1 Å². The van der Waals surface area contributed by atoms with Crippen molar-refractivity contribution in [2.45, 2.75) is 20.0 Å². The normalized spacial score (nSPS) is 10.5. The van der Waals surface area contributed by atoms with Crippen molar-refractivity contribution in [1.29, 1.82) is 0 Å². The van der Waals surface area contributed by atoms with Gasteiger partial charge in [0.15, 0.2) is 0 Å². The maximum atomic E-state index is 11.2. The first-order valence-corrected chi connectivity index (χ1v) is 6.29. The third-order valence-electron chi connectivity index (χ3n) is 3.04. The first kappa shape index (κ1) is 13.9. The van der Waals surface area contributed by atoms with E-state index in [4.69, 9.17) is 15.6 Å². The average Bonchev–Trinajstić information content (AvgIpc) is 2.76. The minimum Gasteiger partial charge on any atom is -0.486 e. The number of rotatable bonds is 5. The first-order valence-electron chi connectivity index (χ1n) is 6.29. The predicted molar refractivity (Wildman–Crippen MR) is 74.7 cm³/mol. The molecule has 1 aromatic heterocycles. The van der Waals surface area contributed by atoms with Crippen molar-refractivity contribution in [2.75, 3.05) is 5.73 Å². The summed E-state index contributed by atoms with van der Waals surface area (Å²) in [4.78, 5) is 11.2. The molecule has 0 bridgehead atoms. The number of anilines is 1. The highest BCUT2D eigenvalue weighted by molar-refractivity contribution is 5.96. The number of nitrogens with two attached hydrogens (primary N) is 1. The summed E-state index contributed by atoms with van der Waals surface area (Å²) in [6.45, 7) is 2.26. The van der Waals surface area contributed by atoms with Crippen molar-refractivity contribution in [2.24, 2.45) is 7.05 Å². The lowest BCUT2D eigenvalue weighted by atomic mass is 10.1. The Morgan fingerprint density at radius 3 is 2.85 bits per heavy atom. The third-order valence-corrected chi connectivity index (χ3v) is 3.04. The highest BCUT2D eigenvalue weighted by Crippen LogP contribution is 2.25. The Morgan fingerprint density at radius 2 is 2.25 bits per heavy atom. The standard InChI is InChI=1S/C14H17N3O3/c1-3-9-7-10(17(2)16-9)8-20-12-6-4-5-11(15)13(12)14(18)19/h4-7H,3,8,15H2,1-2H3,(H,18,19). The van der Waals surface area contributed by atoms with Crippen LogP contribution in [-0.4, -0.2) is 20.9 Å². The van der Waals surface area contributed by atoms with Crippen molar-refractivity contribution in [3.05, 3.63) is 41.2 Å². The summed E-state index contributed by atoms with van der Waals surface area (Å²) < 4.78 is 7.31. The number of aromatic nitrogens is 2. The molecule has 20 heavy (non-hydrogen) atoms. The Morgan fingerprint density at radius 1 is 1.50 bits per heavy atom. The summed E-state index contributed by atoms with van der Waals surface area (Å²) in [6.07, 6.45) is 0.840. The van der Waals surface area contributed by atoms with Crippen LogP contribution in [0, 0.1) is 0 Å². The third kappa shape index (κ3) is 2.74. The second-order valence-electron chi connectivity index (χ2n) is 4.42. The molecule has 3 N–H and O–H groups in total. The molecule has 0 radical (unpaired) electrons. The molecule has 0 aliphatic carbocycles. The van der Waals surface area contributed by atoms with Gasteiger partial charge in [0, 0.05) is 12.7 Å². The molecule has 0 saturated carbocycles. The number of hydrogen-bond acceptors (Lipinski definition) is 4. The molecule has 1 heterocycles. The van der Waals surface area contributed by atoms with E-state index in [9.17, 15) is 4.79 Å². The van der Waals surface area contributed by atoms with E-state index in [1.165, 1.54) is 6.07 Å². The lowest BCUT2D eigenvalue weighted by Crippen LogP contribution is -2.08. The van der Waals surface area contributed by atoms with E-state index in [2.05, 4.69) is 5.10 Å². The molecule has 6 nitrogen and oxygen atoms in total. The lowest BCUT2D eigenvalue weighted by molar-refractivity contribution is 0.0693. The summed E-state index contributed by atoms with van der Waals surface area (Å²) in [6, 6.07) is 6.73. The van der Waals surface area contributed by atoms with E-state index < -0.39 is 5.97 Å². The number of nitrogens with zero attached hydrogens (tertiary/aromatic N) is 2. The Kier molecular flexibility index (Phi) is 3.93. The molecular formula is C14H17N3O3. The maximum Gasteiger partial charge on any atom is 0.341 e. The number of hydrogen-bond donors (Lipinski definition) is 2. The minimum absolute atomic E-state index is 0.00890. The molecular weight excluding hydrogens is 258 g/mol. The second kappa shape index (κ2) is 5.64. The van der Waals surface area contributed by atoms with Crippen LogP contribution in [0.2, 0.25) is 0 Å². The van der Waals surface area contributed by atoms with E-state index in [0.717, 1.165) is 17.8 Å². The zero-order valence-corrected chi connectivity index (χ0v) is 11.5. The number of carboxylic acids is 1. The van der Waals surface area contributed by atoms with Gasteiger partial charge in [0.2, 0.25) is 0 Å². The van der Waals surface area contributed by atoms with Gasteiger partial charge in [-0.05, 0) is 24.6 Å². The van der Waals surface area contributed by atoms with Gasteiger partial charge in [0.1, 0.15) is 17.9 Å². The Hall–Kier alpha value is -2.50. The van der Waals surface area contributed by atoms with Crippen LogP contribution in [0.25, 0.3) is 0 Å². The van der Waals surface area contributed by atoms with E-state index in [0.29, 0.717) is 0 Å². The van der Waals surface area contributed by atoms with Gasteiger partial charge in [-0.1, -0.05) is 13.0 Å². The van der Waals surface area contributed by atoms with Crippen LogP contribution in [0.15, 0.2) is 24.3 Å². The second-order valence-corrected chi connectivity index (χ2v) is 4.42. The molecule has 0 spiro atoms. The van der Waals surface area contributed by atoms with Crippen molar-refractivity contribution < 1.29 is 14.6 Å². The van der Waals surface area contributed by atoms with Crippen molar-refractivity contribution in [3.63, 3.8) is 0 Å². The maximum absolute atomic E-state index is 11.2. The van der Waals surface area contributed by atoms with Gasteiger partial charge in [-0.3, -0.25) is 4.68 Å². The fourth-order valence-corrected chi connectivity index (χ4v) is 1.93. The van der Waals surface area contributed by atoms with E-state index in [-0.39, 0.29) is 23.6 Å². The fourth-order valence-electron chi connectivity index (χ4n) is 1.93. The van der Waals surface area contributed by atoms with Gasteiger partial charge in [0.25, 0.3) is 0 Å². The molecule has 0 saturated heterocycles. The summed E-state index contributed by atoms with van der Waals surface area (Å²) in [5.74, 6) is -0.839. The van der Waals surface area contributed by atoms with Crippen molar-refractivity contribution >= 4 is 11.7 Å². The number of aromatic carboxylic acids is 1. The Balaban J connectivity index is 2.20. The van der Waals surface area contributed by atoms with Crippen LogP contribution in [0.3, 0.4) is 0 Å². The molecule has 6 heteroatoms. The fraction of sp³-hybridized carbons (Fsp3) is 0.286. The average molecular weight is 275 g/mol. The molecule has 1 aromatic carbocycles. The summed E-state index contributed by atoms with van der Waals surface area (Å²) in [5.41, 5.74) is 7.69. The van der Waals surface area contributed by atoms with Crippen LogP contribution < -0.4 is 10.5 Å². The number of benzene rings is 1. The molecule has 0 aliphatic heterocycles. The quantitative estimate of drug-likeness (QED) is 0.812. The highest BCUT2D eigenvalue weighted by Gasteiger charge is 2.15. The van der Waals surface area contributed by atoms with Gasteiger partial charge >= 0.3 is 5.97 Å². The van der Waals surface area contributed by atoms with Gasteiger partial charge in [0.05, 0.1) is 11.4 Å². The molecule has 2 rings (SSSR count). The Bertz CT molecular complexity index is 635. The van der Waals surface area contributed by atoms with E-state index in [1.54, 1.807) is 16.8 Å². The number of ether oxygens (including phenoxy) is 1. The van der Waals surface area contributed by atoms with Crippen LogP contribution in [0.5, 0.6) is 5.75 Å². The number of aryl methyl sites for hydroxylation is 2. The van der Waals surface area contributed by atoms with E-state index in [1.807, 2.05) is 20.0 Å². The minimum atomic E-state index is -1.10. The van der Waals surface area contributed by atoms with E-state index >= 15 is 0 Å². The number of carbonyl (C=O) groups is 1. The van der Waals surface area contributed by atoms with Crippen LogP contribution >= 0.6 is 0 Å². The molecule has 0 fully saturated rings. The van der Waals surface area contributed by atoms with Gasteiger partial charge < -0.3 is 15.6 Å². The Labute approximate surface area is 116 Å². The predicted octanol–water partition coefficient (Wildman–Crippen LogP) is 1.84. The summed E-state index contributed by atoms with van der Waals surface area (Å²) in [7, 11) is 1.83. The van der Waals surface area contributed by atoms with Gasteiger partial charge in [-0.2, -0.15) is 5.10 Å². The zero-order valence-electron chi connectivity index (χ0n) is 11.5. The first-order chi connectivity index (χ1) is 9.52. The number of nitrogen functional groups attached to an aromatic ring is 1. The number of carboxylic acid groups (broad SMARTS) is 1. The molecule has 2 aromatic rings. The van der Waals surface area contributed by atoms with Gasteiger partial charge in [-0.25, -0.2) is 4.79 Å².